The van der Waals surface area contributed by atoms with Crippen molar-refractivity contribution in [1.29, 1.82) is 0 Å². The molecule has 0 N–H and O–H groups in total. The Bertz CT molecular complexity index is 386. The van der Waals surface area contributed by atoms with Gasteiger partial charge in [-0.3, -0.25) is 0 Å². The fraction of sp³-hybridized carbons (Fsp3) is 0.462. The van der Waals surface area contributed by atoms with Crippen molar-refractivity contribution in [3.8, 4) is 0 Å². The number of hydrogen-bond donors (Lipinski definition) is 0. The summed E-state index contributed by atoms with van der Waals surface area (Å²) in [6, 6.07) is 5.85. The van der Waals surface area contributed by atoms with Gasteiger partial charge in [-0.25, -0.2) is 9.18 Å². The molecule has 1 heterocycles. The zero-order valence-electron chi connectivity index (χ0n) is 9.52. The summed E-state index contributed by atoms with van der Waals surface area (Å²) in [6.07, 6.45) is 1.79. The van der Waals surface area contributed by atoms with E-state index in [0.29, 0.717) is 25.7 Å². The molecule has 0 spiro atoms. The molecule has 1 aromatic carbocycles. The minimum atomic E-state index is -0.588. The maximum Gasteiger partial charge on any atom is 0.341 e. The Balaban J connectivity index is 1.87. The molecule has 3 nitrogen and oxygen atoms in total. The summed E-state index contributed by atoms with van der Waals surface area (Å²) in [5.41, 5.74) is -0.000408. The highest BCUT2D eigenvalue weighted by atomic mass is 19.1. The monoisotopic (exact) mass is 238 g/mol. The van der Waals surface area contributed by atoms with Crippen molar-refractivity contribution in [3.05, 3.63) is 35.6 Å². The Kier molecular flexibility index (Phi) is 4.09. The maximum atomic E-state index is 13.3. The molecule has 92 valence electrons. The van der Waals surface area contributed by atoms with Crippen LogP contribution in [0.4, 0.5) is 4.39 Å². The molecule has 2 rings (SSSR count). The van der Waals surface area contributed by atoms with Gasteiger partial charge in [-0.15, -0.1) is 0 Å². The Morgan fingerprint density at radius 1 is 1.35 bits per heavy atom. The molecule has 0 amide bonds. The first kappa shape index (κ1) is 12.0. The average molecular weight is 238 g/mol. The van der Waals surface area contributed by atoms with Gasteiger partial charge in [-0.1, -0.05) is 12.1 Å². The number of ether oxygens (including phenoxy) is 2. The van der Waals surface area contributed by atoms with Crippen LogP contribution in [0.2, 0.25) is 0 Å². The van der Waals surface area contributed by atoms with Crippen LogP contribution in [-0.2, 0) is 9.47 Å². The van der Waals surface area contributed by atoms with Crippen LogP contribution >= 0.6 is 0 Å². The van der Waals surface area contributed by atoms with Gasteiger partial charge in [-0.05, 0) is 30.9 Å². The highest BCUT2D eigenvalue weighted by Gasteiger charge is 2.18. The van der Waals surface area contributed by atoms with Crippen LogP contribution in [0, 0.1) is 11.7 Å². The van der Waals surface area contributed by atoms with Gasteiger partial charge in [0.15, 0.2) is 0 Å². The third kappa shape index (κ3) is 3.27. The fourth-order valence-corrected chi connectivity index (χ4v) is 1.81. The first-order valence-electron chi connectivity index (χ1n) is 5.77. The zero-order valence-corrected chi connectivity index (χ0v) is 9.52. The Hall–Kier alpha value is -1.42. The molecule has 0 radical (unpaired) electrons. The summed E-state index contributed by atoms with van der Waals surface area (Å²) in [4.78, 5) is 11.6. The lowest BCUT2D eigenvalue weighted by atomic mass is 10.0. The predicted molar refractivity (Wildman–Crippen MR) is 60.2 cm³/mol. The molecule has 1 aliphatic heterocycles. The van der Waals surface area contributed by atoms with Gasteiger partial charge in [0.2, 0.25) is 0 Å². The number of benzene rings is 1. The van der Waals surface area contributed by atoms with Crippen LogP contribution in [0.1, 0.15) is 23.2 Å². The van der Waals surface area contributed by atoms with Gasteiger partial charge in [0.05, 0.1) is 12.2 Å². The van der Waals surface area contributed by atoms with E-state index in [1.54, 1.807) is 12.1 Å². The Morgan fingerprint density at radius 2 is 2.06 bits per heavy atom. The van der Waals surface area contributed by atoms with Crippen LogP contribution in [0.15, 0.2) is 24.3 Å². The number of hydrogen-bond acceptors (Lipinski definition) is 3. The van der Waals surface area contributed by atoms with E-state index < -0.39 is 11.8 Å². The van der Waals surface area contributed by atoms with E-state index in [4.69, 9.17) is 9.47 Å². The number of rotatable bonds is 3. The van der Waals surface area contributed by atoms with Crippen molar-refractivity contribution in [2.45, 2.75) is 12.8 Å². The molecular formula is C13H15FO3. The molecule has 1 aliphatic rings. The van der Waals surface area contributed by atoms with Crippen molar-refractivity contribution in [3.63, 3.8) is 0 Å². The molecule has 0 unspecified atom stereocenters. The molecule has 0 bridgehead atoms. The van der Waals surface area contributed by atoms with Gasteiger partial charge in [0.25, 0.3) is 0 Å². The van der Waals surface area contributed by atoms with Gasteiger partial charge in [0, 0.05) is 13.2 Å². The largest absolute Gasteiger partial charge is 0.462 e. The summed E-state index contributed by atoms with van der Waals surface area (Å²) in [5.74, 6) is -0.793. The maximum absolute atomic E-state index is 13.3. The van der Waals surface area contributed by atoms with E-state index in [0.717, 1.165) is 12.8 Å². The van der Waals surface area contributed by atoms with Crippen molar-refractivity contribution >= 4 is 5.97 Å². The molecule has 0 aliphatic carbocycles. The van der Waals surface area contributed by atoms with Crippen LogP contribution in [-0.4, -0.2) is 25.8 Å². The molecule has 1 fully saturated rings. The second-order valence-corrected chi connectivity index (χ2v) is 4.13. The molecule has 1 aromatic rings. The van der Waals surface area contributed by atoms with E-state index in [2.05, 4.69) is 0 Å². The second kappa shape index (κ2) is 5.77. The minimum absolute atomic E-state index is 0.000408. The number of halogens is 1. The minimum Gasteiger partial charge on any atom is -0.462 e. The van der Waals surface area contributed by atoms with Crippen LogP contribution in [0.3, 0.4) is 0 Å². The van der Waals surface area contributed by atoms with Crippen molar-refractivity contribution in [1.82, 2.24) is 0 Å². The first-order chi connectivity index (χ1) is 8.27. The van der Waals surface area contributed by atoms with Crippen molar-refractivity contribution in [2.24, 2.45) is 5.92 Å². The number of carbonyl (C=O) groups excluding carboxylic acids is 1. The summed E-state index contributed by atoms with van der Waals surface area (Å²) >= 11 is 0. The van der Waals surface area contributed by atoms with E-state index in [-0.39, 0.29) is 5.56 Å². The van der Waals surface area contributed by atoms with Crippen LogP contribution in [0.25, 0.3) is 0 Å². The van der Waals surface area contributed by atoms with Gasteiger partial charge in [0.1, 0.15) is 5.82 Å². The Labute approximate surface area is 99.5 Å². The molecule has 0 atom stereocenters. The molecular weight excluding hydrogens is 223 g/mol. The average Bonchev–Trinajstić information content (AvgIpc) is 2.38. The summed E-state index contributed by atoms with van der Waals surface area (Å²) < 4.78 is 23.6. The highest BCUT2D eigenvalue weighted by molar-refractivity contribution is 5.89. The molecule has 1 saturated heterocycles. The van der Waals surface area contributed by atoms with Gasteiger partial charge < -0.3 is 9.47 Å². The first-order valence-corrected chi connectivity index (χ1v) is 5.77. The van der Waals surface area contributed by atoms with Crippen molar-refractivity contribution < 1.29 is 18.7 Å². The van der Waals surface area contributed by atoms with E-state index in [1.165, 1.54) is 12.1 Å². The molecule has 0 saturated carbocycles. The Morgan fingerprint density at radius 3 is 2.76 bits per heavy atom. The lowest BCUT2D eigenvalue weighted by molar-refractivity contribution is 0.0182. The normalized spacial score (nSPS) is 16.8. The highest BCUT2D eigenvalue weighted by Crippen LogP contribution is 2.16. The SMILES string of the molecule is O=C(OCC1CCOCC1)c1ccccc1F. The molecule has 17 heavy (non-hydrogen) atoms. The molecule has 4 heteroatoms. The lowest BCUT2D eigenvalue weighted by Gasteiger charge is -2.21. The molecule has 0 aromatic heterocycles. The number of carbonyl (C=O) groups is 1. The summed E-state index contributed by atoms with van der Waals surface area (Å²) in [5, 5.41) is 0. The van der Waals surface area contributed by atoms with E-state index >= 15 is 0 Å². The smallest absolute Gasteiger partial charge is 0.341 e. The lowest BCUT2D eigenvalue weighted by Crippen LogP contribution is -2.22. The van der Waals surface area contributed by atoms with Gasteiger partial charge >= 0.3 is 5.97 Å². The van der Waals surface area contributed by atoms with Crippen LogP contribution in [0.5, 0.6) is 0 Å². The van der Waals surface area contributed by atoms with Gasteiger partial charge in [-0.2, -0.15) is 0 Å². The number of esters is 1. The zero-order chi connectivity index (χ0) is 12.1. The fourth-order valence-electron chi connectivity index (χ4n) is 1.81. The van der Waals surface area contributed by atoms with Crippen molar-refractivity contribution in [2.75, 3.05) is 19.8 Å². The van der Waals surface area contributed by atoms with E-state index in [1.807, 2.05) is 0 Å². The second-order valence-electron chi connectivity index (χ2n) is 4.13. The summed E-state index contributed by atoms with van der Waals surface area (Å²) in [7, 11) is 0. The topological polar surface area (TPSA) is 35.5 Å². The predicted octanol–water partition coefficient (Wildman–Crippen LogP) is 2.41. The summed E-state index contributed by atoms with van der Waals surface area (Å²) in [6.45, 7) is 1.76. The third-order valence-electron chi connectivity index (χ3n) is 2.88. The quantitative estimate of drug-likeness (QED) is 0.758. The van der Waals surface area contributed by atoms with Crippen LogP contribution < -0.4 is 0 Å². The third-order valence-corrected chi connectivity index (χ3v) is 2.88. The standard InChI is InChI=1S/C13H15FO3/c14-12-4-2-1-3-11(12)13(15)17-9-10-5-7-16-8-6-10/h1-4,10H,5-9H2. The van der Waals surface area contributed by atoms with E-state index in [9.17, 15) is 9.18 Å².